The Kier molecular flexibility index (Phi) is 5.88. The van der Waals surface area contributed by atoms with Crippen LogP contribution in [-0.2, 0) is 4.79 Å². The van der Waals surface area contributed by atoms with Crippen LogP contribution in [0.25, 0.3) is 0 Å². The highest BCUT2D eigenvalue weighted by molar-refractivity contribution is 6.31. The molecule has 0 aliphatic rings. The molecule has 122 valence electrons. The molecule has 1 unspecified atom stereocenters. The van der Waals surface area contributed by atoms with Crippen molar-refractivity contribution in [1.82, 2.24) is 0 Å². The van der Waals surface area contributed by atoms with Crippen LogP contribution in [0.2, 0.25) is 5.02 Å². The second kappa shape index (κ2) is 7.88. The summed E-state index contributed by atoms with van der Waals surface area (Å²) in [6.07, 6.45) is 0.989. The molecule has 1 atom stereocenters. The van der Waals surface area contributed by atoms with Gasteiger partial charge in [0.05, 0.1) is 5.69 Å². The molecule has 0 aliphatic carbocycles. The predicted molar refractivity (Wildman–Crippen MR) is 92.4 cm³/mol. The second-order valence-corrected chi connectivity index (χ2v) is 5.78. The lowest BCUT2D eigenvalue weighted by atomic mass is 9.98. The normalized spacial score (nSPS) is 11.8. The fraction of sp³-hybridized carbons (Fsp3) is 0.278. The number of phenolic OH excluding ortho intramolecular Hbond substituents is 1. The number of rotatable bonds is 6. The molecule has 4 nitrogen and oxygen atoms in total. The summed E-state index contributed by atoms with van der Waals surface area (Å²) >= 11 is 5.85. The summed E-state index contributed by atoms with van der Waals surface area (Å²) in [5.74, 6) is 0.655. The number of ether oxygens (including phenoxy) is 1. The van der Waals surface area contributed by atoms with Gasteiger partial charge in [-0.2, -0.15) is 0 Å². The highest BCUT2D eigenvalue weighted by atomic mass is 35.5. The van der Waals surface area contributed by atoms with Crippen LogP contribution in [0, 0.1) is 0 Å². The lowest BCUT2D eigenvalue weighted by Gasteiger charge is -2.15. The van der Waals surface area contributed by atoms with E-state index in [2.05, 4.69) is 19.2 Å². The summed E-state index contributed by atoms with van der Waals surface area (Å²) in [7, 11) is 0. The zero-order chi connectivity index (χ0) is 16.8. The lowest BCUT2D eigenvalue weighted by molar-refractivity contribution is -0.118. The molecule has 2 aromatic rings. The first-order chi connectivity index (χ1) is 11.0. The van der Waals surface area contributed by atoms with Gasteiger partial charge in [-0.25, -0.2) is 0 Å². The molecule has 2 rings (SSSR count). The quantitative estimate of drug-likeness (QED) is 0.761. The number of amides is 1. The van der Waals surface area contributed by atoms with Crippen LogP contribution in [0.15, 0.2) is 42.5 Å². The van der Waals surface area contributed by atoms with Crippen LogP contribution < -0.4 is 10.1 Å². The number of hydrogen-bond donors (Lipinski definition) is 2. The number of para-hydroxylation sites is 1. The zero-order valence-corrected chi connectivity index (χ0v) is 13.9. The molecule has 2 aromatic carbocycles. The van der Waals surface area contributed by atoms with Crippen molar-refractivity contribution >= 4 is 23.2 Å². The third-order valence-electron chi connectivity index (χ3n) is 3.65. The van der Waals surface area contributed by atoms with E-state index in [1.54, 1.807) is 6.07 Å². The van der Waals surface area contributed by atoms with Gasteiger partial charge in [0, 0.05) is 5.02 Å². The maximum absolute atomic E-state index is 12.0. The average molecular weight is 334 g/mol. The van der Waals surface area contributed by atoms with Crippen molar-refractivity contribution in [3.8, 4) is 11.5 Å². The number of carbonyl (C=O) groups is 1. The number of phenols is 1. The van der Waals surface area contributed by atoms with Crippen LogP contribution in [0.4, 0.5) is 5.69 Å². The van der Waals surface area contributed by atoms with E-state index in [-0.39, 0.29) is 24.0 Å². The Morgan fingerprint density at radius 2 is 2.04 bits per heavy atom. The van der Waals surface area contributed by atoms with Gasteiger partial charge in [-0.05, 0) is 42.2 Å². The number of halogens is 1. The van der Waals surface area contributed by atoms with Crippen molar-refractivity contribution in [1.29, 1.82) is 0 Å². The minimum atomic E-state index is -0.360. The Balaban J connectivity index is 2.01. The van der Waals surface area contributed by atoms with Crippen LogP contribution in [-0.4, -0.2) is 17.6 Å². The van der Waals surface area contributed by atoms with Gasteiger partial charge in [-0.3, -0.25) is 4.79 Å². The summed E-state index contributed by atoms with van der Waals surface area (Å²) < 4.78 is 5.64. The van der Waals surface area contributed by atoms with Gasteiger partial charge in [0.15, 0.2) is 6.61 Å². The predicted octanol–water partition coefficient (Wildman–Crippen LogP) is 4.58. The fourth-order valence-electron chi connectivity index (χ4n) is 2.18. The third kappa shape index (κ3) is 4.63. The van der Waals surface area contributed by atoms with Gasteiger partial charge in [0.25, 0.3) is 5.91 Å². The van der Waals surface area contributed by atoms with E-state index < -0.39 is 0 Å². The van der Waals surface area contributed by atoms with E-state index in [9.17, 15) is 9.90 Å². The average Bonchev–Trinajstić information content (AvgIpc) is 2.56. The number of hydrogen-bond acceptors (Lipinski definition) is 3. The van der Waals surface area contributed by atoms with Gasteiger partial charge < -0.3 is 15.2 Å². The maximum atomic E-state index is 12.0. The van der Waals surface area contributed by atoms with E-state index in [1.807, 2.05) is 24.3 Å². The Labute approximate surface area is 141 Å². The van der Waals surface area contributed by atoms with Gasteiger partial charge in [0.1, 0.15) is 11.5 Å². The summed E-state index contributed by atoms with van der Waals surface area (Å²) in [4.78, 5) is 12.0. The van der Waals surface area contributed by atoms with E-state index in [0.717, 1.165) is 12.0 Å². The second-order valence-electron chi connectivity index (χ2n) is 5.35. The molecule has 0 spiro atoms. The molecule has 0 saturated carbocycles. The maximum Gasteiger partial charge on any atom is 0.262 e. The molecule has 23 heavy (non-hydrogen) atoms. The molecule has 0 heterocycles. The van der Waals surface area contributed by atoms with E-state index in [1.165, 1.54) is 12.1 Å². The highest BCUT2D eigenvalue weighted by Crippen LogP contribution is 2.29. The first-order valence-corrected chi connectivity index (χ1v) is 7.89. The fourth-order valence-corrected chi connectivity index (χ4v) is 2.35. The molecule has 0 radical (unpaired) electrons. The number of anilines is 1. The SMILES string of the molecule is CCC(C)c1ccccc1OCC(=O)Nc1cc(Cl)ccc1O. The molecule has 0 aliphatic heterocycles. The number of benzene rings is 2. The van der Waals surface area contributed by atoms with Gasteiger partial charge >= 0.3 is 0 Å². The first kappa shape index (κ1) is 17.2. The molecule has 0 bridgehead atoms. The molecule has 0 aromatic heterocycles. The van der Waals surface area contributed by atoms with Crippen LogP contribution >= 0.6 is 11.6 Å². The van der Waals surface area contributed by atoms with Crippen LogP contribution in [0.3, 0.4) is 0 Å². The number of carbonyl (C=O) groups excluding carboxylic acids is 1. The summed E-state index contributed by atoms with van der Waals surface area (Å²) in [6, 6.07) is 12.2. The standard InChI is InChI=1S/C18H20ClNO3/c1-3-12(2)14-6-4-5-7-17(14)23-11-18(22)20-15-10-13(19)8-9-16(15)21/h4-10,12,21H,3,11H2,1-2H3,(H,20,22). The summed E-state index contributed by atoms with van der Waals surface area (Å²) in [5.41, 5.74) is 1.34. The van der Waals surface area contributed by atoms with E-state index in [4.69, 9.17) is 16.3 Å². The Morgan fingerprint density at radius 3 is 2.78 bits per heavy atom. The van der Waals surface area contributed by atoms with Crippen molar-refractivity contribution in [3.63, 3.8) is 0 Å². The van der Waals surface area contributed by atoms with Gasteiger partial charge in [-0.1, -0.05) is 43.6 Å². The smallest absolute Gasteiger partial charge is 0.262 e. The largest absolute Gasteiger partial charge is 0.506 e. The summed E-state index contributed by atoms with van der Waals surface area (Å²) in [5, 5.41) is 12.7. The zero-order valence-electron chi connectivity index (χ0n) is 13.2. The van der Waals surface area contributed by atoms with Crippen molar-refractivity contribution < 1.29 is 14.6 Å². The van der Waals surface area contributed by atoms with Crippen LogP contribution in [0.5, 0.6) is 11.5 Å². The highest BCUT2D eigenvalue weighted by Gasteiger charge is 2.12. The van der Waals surface area contributed by atoms with Crippen molar-refractivity contribution in [2.24, 2.45) is 0 Å². The monoisotopic (exact) mass is 333 g/mol. The molecular formula is C18H20ClNO3. The molecule has 2 N–H and O–H groups in total. The lowest BCUT2D eigenvalue weighted by Crippen LogP contribution is -2.20. The first-order valence-electron chi connectivity index (χ1n) is 7.51. The van der Waals surface area contributed by atoms with Gasteiger partial charge in [0.2, 0.25) is 0 Å². The van der Waals surface area contributed by atoms with E-state index in [0.29, 0.717) is 16.7 Å². The number of nitrogens with one attached hydrogen (secondary N) is 1. The molecule has 5 heteroatoms. The molecular weight excluding hydrogens is 314 g/mol. The summed E-state index contributed by atoms with van der Waals surface area (Å²) in [6.45, 7) is 4.09. The Morgan fingerprint density at radius 1 is 1.30 bits per heavy atom. The topological polar surface area (TPSA) is 58.6 Å². The minimum absolute atomic E-state index is 0.0391. The molecule has 0 saturated heterocycles. The third-order valence-corrected chi connectivity index (χ3v) is 3.89. The molecule has 1 amide bonds. The van der Waals surface area contributed by atoms with Crippen molar-refractivity contribution in [2.45, 2.75) is 26.2 Å². The number of aromatic hydroxyl groups is 1. The molecule has 0 fully saturated rings. The Bertz CT molecular complexity index is 688. The van der Waals surface area contributed by atoms with Gasteiger partial charge in [-0.15, -0.1) is 0 Å². The van der Waals surface area contributed by atoms with Crippen molar-refractivity contribution in [2.75, 3.05) is 11.9 Å². The van der Waals surface area contributed by atoms with Crippen molar-refractivity contribution in [3.05, 3.63) is 53.1 Å². The van der Waals surface area contributed by atoms with Crippen LogP contribution in [0.1, 0.15) is 31.7 Å². The van der Waals surface area contributed by atoms with E-state index >= 15 is 0 Å². The Hall–Kier alpha value is -2.20. The minimum Gasteiger partial charge on any atom is -0.506 e.